The van der Waals surface area contributed by atoms with Crippen LogP contribution in [0.1, 0.15) is 50.5 Å². The molecule has 1 aliphatic rings. The maximum absolute atomic E-state index is 12.2. The molecule has 22 heavy (non-hydrogen) atoms. The molecule has 0 radical (unpaired) electrons. The molecule has 5 nitrogen and oxygen atoms in total. The van der Waals surface area contributed by atoms with Crippen LogP contribution in [0.25, 0.3) is 0 Å². The molecule has 2 N–H and O–H groups in total. The summed E-state index contributed by atoms with van der Waals surface area (Å²) in [4.78, 5) is 24.9. The Morgan fingerprint density at radius 2 is 2.18 bits per heavy atom. The molecule has 0 spiro atoms. The summed E-state index contributed by atoms with van der Waals surface area (Å²) in [7, 11) is 0. The molecule has 2 heterocycles. The number of hydrogen-bond acceptors (Lipinski definition) is 4. The number of amides is 1. The SMILES string of the molecule is Cc1ccc(C(=O)Nc2sc3c(c2C(=O)O)CC[C@H](C)C3)o1. The van der Waals surface area contributed by atoms with Gasteiger partial charge < -0.3 is 14.8 Å². The highest BCUT2D eigenvalue weighted by atomic mass is 32.1. The molecule has 116 valence electrons. The highest BCUT2D eigenvalue weighted by Crippen LogP contribution is 2.39. The standard InChI is InChI=1S/C16H17NO4S/c1-8-3-5-10-12(7-8)22-15(13(10)16(19)20)17-14(18)11-6-4-9(2)21-11/h4,6,8H,3,5,7H2,1-2H3,(H,17,18)(H,19,20)/t8-/m0/s1. The maximum Gasteiger partial charge on any atom is 0.339 e. The first-order chi connectivity index (χ1) is 10.5. The van der Waals surface area contributed by atoms with Crippen LogP contribution >= 0.6 is 11.3 Å². The van der Waals surface area contributed by atoms with Gasteiger partial charge in [-0.2, -0.15) is 0 Å². The van der Waals surface area contributed by atoms with E-state index in [2.05, 4.69) is 12.2 Å². The molecule has 2 aromatic rings. The summed E-state index contributed by atoms with van der Waals surface area (Å²) in [5, 5.41) is 12.6. The zero-order valence-corrected chi connectivity index (χ0v) is 13.3. The Balaban J connectivity index is 1.93. The zero-order valence-electron chi connectivity index (χ0n) is 12.4. The highest BCUT2D eigenvalue weighted by Gasteiger charge is 2.28. The summed E-state index contributed by atoms with van der Waals surface area (Å²) in [5.41, 5.74) is 1.12. The van der Waals surface area contributed by atoms with E-state index in [9.17, 15) is 14.7 Å². The minimum absolute atomic E-state index is 0.188. The third kappa shape index (κ3) is 2.66. The van der Waals surface area contributed by atoms with Gasteiger partial charge in [-0.05, 0) is 49.8 Å². The number of furan rings is 1. The van der Waals surface area contributed by atoms with E-state index in [0.29, 0.717) is 16.7 Å². The van der Waals surface area contributed by atoms with Gasteiger partial charge in [0, 0.05) is 4.88 Å². The van der Waals surface area contributed by atoms with Crippen molar-refractivity contribution < 1.29 is 19.1 Å². The molecular formula is C16H17NO4S. The largest absolute Gasteiger partial charge is 0.478 e. The van der Waals surface area contributed by atoms with E-state index < -0.39 is 11.9 Å². The van der Waals surface area contributed by atoms with Crippen molar-refractivity contribution in [2.75, 3.05) is 5.32 Å². The van der Waals surface area contributed by atoms with Gasteiger partial charge in [0.15, 0.2) is 5.76 Å². The number of carboxylic acid groups (broad SMARTS) is 1. The van der Waals surface area contributed by atoms with Crippen molar-refractivity contribution in [3.63, 3.8) is 0 Å². The van der Waals surface area contributed by atoms with Crippen molar-refractivity contribution in [1.82, 2.24) is 0 Å². The van der Waals surface area contributed by atoms with Crippen LogP contribution in [0.2, 0.25) is 0 Å². The van der Waals surface area contributed by atoms with Gasteiger partial charge in [-0.25, -0.2) is 4.79 Å². The molecule has 3 rings (SSSR count). The molecule has 1 amide bonds. The molecule has 0 saturated heterocycles. The highest BCUT2D eigenvalue weighted by molar-refractivity contribution is 7.17. The zero-order chi connectivity index (χ0) is 15.9. The van der Waals surface area contributed by atoms with Gasteiger partial charge in [0.25, 0.3) is 5.91 Å². The van der Waals surface area contributed by atoms with Crippen LogP contribution in [0.4, 0.5) is 5.00 Å². The lowest BCUT2D eigenvalue weighted by Gasteiger charge is -2.17. The van der Waals surface area contributed by atoms with E-state index in [1.807, 2.05) is 0 Å². The quantitative estimate of drug-likeness (QED) is 0.903. The molecule has 1 aliphatic carbocycles. The molecular weight excluding hydrogens is 302 g/mol. The first kappa shape index (κ1) is 14.8. The lowest BCUT2D eigenvalue weighted by atomic mass is 9.88. The summed E-state index contributed by atoms with van der Waals surface area (Å²) in [6.45, 7) is 3.91. The second kappa shape index (κ2) is 5.61. The Hall–Kier alpha value is -2.08. The lowest BCUT2D eigenvalue weighted by Crippen LogP contribution is -2.14. The van der Waals surface area contributed by atoms with Crippen LogP contribution in [0.3, 0.4) is 0 Å². The second-order valence-corrected chi connectivity index (χ2v) is 6.83. The Morgan fingerprint density at radius 1 is 1.41 bits per heavy atom. The molecule has 0 unspecified atom stereocenters. The number of thiophene rings is 1. The van der Waals surface area contributed by atoms with Crippen LogP contribution < -0.4 is 5.32 Å². The smallest absolute Gasteiger partial charge is 0.339 e. The number of carbonyl (C=O) groups excluding carboxylic acids is 1. The van der Waals surface area contributed by atoms with Crippen LogP contribution in [-0.2, 0) is 12.8 Å². The van der Waals surface area contributed by atoms with E-state index in [1.54, 1.807) is 19.1 Å². The number of fused-ring (bicyclic) bond motifs is 1. The van der Waals surface area contributed by atoms with Gasteiger partial charge >= 0.3 is 5.97 Å². The summed E-state index contributed by atoms with van der Waals surface area (Å²) < 4.78 is 5.28. The van der Waals surface area contributed by atoms with Crippen LogP contribution in [0, 0.1) is 12.8 Å². The number of carboxylic acids is 1. The van der Waals surface area contributed by atoms with Crippen molar-refractivity contribution in [3.05, 3.63) is 39.7 Å². The average molecular weight is 319 g/mol. The van der Waals surface area contributed by atoms with Crippen molar-refractivity contribution >= 4 is 28.2 Å². The van der Waals surface area contributed by atoms with Gasteiger partial charge in [0.1, 0.15) is 10.8 Å². The molecule has 0 fully saturated rings. The van der Waals surface area contributed by atoms with E-state index >= 15 is 0 Å². The van der Waals surface area contributed by atoms with Gasteiger partial charge in [0.2, 0.25) is 0 Å². The van der Waals surface area contributed by atoms with Crippen LogP contribution in [0.15, 0.2) is 16.5 Å². The summed E-state index contributed by atoms with van der Waals surface area (Å²) in [6.07, 6.45) is 2.61. The molecule has 0 aromatic carbocycles. The molecule has 0 aliphatic heterocycles. The van der Waals surface area contributed by atoms with Crippen molar-refractivity contribution in [1.29, 1.82) is 0 Å². The van der Waals surface area contributed by atoms with Gasteiger partial charge in [-0.15, -0.1) is 11.3 Å². The van der Waals surface area contributed by atoms with Gasteiger partial charge in [-0.1, -0.05) is 6.92 Å². The molecule has 6 heteroatoms. The maximum atomic E-state index is 12.2. The summed E-state index contributed by atoms with van der Waals surface area (Å²) in [6, 6.07) is 3.29. The number of aryl methyl sites for hydroxylation is 1. The van der Waals surface area contributed by atoms with Gasteiger partial charge in [-0.3, -0.25) is 4.79 Å². The minimum Gasteiger partial charge on any atom is -0.478 e. The predicted molar refractivity (Wildman–Crippen MR) is 83.9 cm³/mol. The monoisotopic (exact) mass is 319 g/mol. The number of hydrogen-bond donors (Lipinski definition) is 2. The first-order valence-corrected chi connectivity index (χ1v) is 8.03. The Morgan fingerprint density at radius 3 is 2.82 bits per heavy atom. The topological polar surface area (TPSA) is 79.5 Å². The van der Waals surface area contributed by atoms with E-state index in [-0.39, 0.29) is 11.3 Å². The fourth-order valence-corrected chi connectivity index (χ4v) is 4.18. The molecule has 0 saturated carbocycles. The molecule has 0 bridgehead atoms. The third-order valence-corrected chi connectivity index (χ3v) is 5.09. The molecule has 1 atom stereocenters. The summed E-state index contributed by atoms with van der Waals surface area (Å²) >= 11 is 1.37. The van der Waals surface area contributed by atoms with Gasteiger partial charge in [0.05, 0.1) is 5.56 Å². The lowest BCUT2D eigenvalue weighted by molar-refractivity contribution is 0.0697. The molecule has 2 aromatic heterocycles. The predicted octanol–water partition coefficient (Wildman–Crippen LogP) is 3.72. The number of aromatic carboxylic acids is 1. The number of anilines is 1. The third-order valence-electron chi connectivity index (χ3n) is 3.92. The van der Waals surface area contributed by atoms with Crippen LogP contribution in [-0.4, -0.2) is 17.0 Å². The Labute approximate surface area is 132 Å². The summed E-state index contributed by atoms with van der Waals surface area (Å²) in [5.74, 6) is -0.0271. The van der Waals surface area contributed by atoms with E-state index in [1.165, 1.54) is 11.3 Å². The van der Waals surface area contributed by atoms with E-state index in [4.69, 9.17) is 4.42 Å². The first-order valence-electron chi connectivity index (χ1n) is 7.21. The number of carbonyl (C=O) groups is 2. The average Bonchev–Trinajstić information content (AvgIpc) is 3.01. The number of nitrogens with one attached hydrogen (secondary N) is 1. The Kier molecular flexibility index (Phi) is 3.78. The Bertz CT molecular complexity index is 743. The fourth-order valence-electron chi connectivity index (χ4n) is 2.79. The van der Waals surface area contributed by atoms with Crippen molar-refractivity contribution in [3.8, 4) is 0 Å². The fraction of sp³-hybridized carbons (Fsp3) is 0.375. The van der Waals surface area contributed by atoms with Crippen LogP contribution in [0.5, 0.6) is 0 Å². The van der Waals surface area contributed by atoms with Crippen molar-refractivity contribution in [2.45, 2.75) is 33.1 Å². The number of rotatable bonds is 3. The van der Waals surface area contributed by atoms with Crippen molar-refractivity contribution in [2.24, 2.45) is 5.92 Å². The second-order valence-electron chi connectivity index (χ2n) is 5.73. The minimum atomic E-state index is -0.988. The van der Waals surface area contributed by atoms with E-state index in [0.717, 1.165) is 29.7 Å². The normalized spacial score (nSPS) is 17.1.